The summed E-state index contributed by atoms with van der Waals surface area (Å²) >= 11 is 6.04. The molecule has 6 nitrogen and oxygen atoms in total. The maximum atomic E-state index is 12.2. The van der Waals surface area contributed by atoms with Gasteiger partial charge in [-0.1, -0.05) is 17.7 Å². The highest BCUT2D eigenvalue weighted by Gasteiger charge is 2.34. The Hall–Kier alpha value is -2.91. The molecule has 144 valence electrons. The number of carbonyl (C=O) groups is 1. The Labute approximate surface area is 169 Å². The number of anilines is 1. The van der Waals surface area contributed by atoms with Gasteiger partial charge in [-0.05, 0) is 43.8 Å². The van der Waals surface area contributed by atoms with Crippen LogP contribution >= 0.6 is 11.6 Å². The van der Waals surface area contributed by atoms with Crippen molar-refractivity contribution in [3.63, 3.8) is 0 Å². The zero-order valence-electron chi connectivity index (χ0n) is 16.2. The Kier molecular flexibility index (Phi) is 5.96. The van der Waals surface area contributed by atoms with E-state index < -0.39 is 0 Å². The summed E-state index contributed by atoms with van der Waals surface area (Å²) in [5.41, 5.74) is 1.60. The summed E-state index contributed by atoms with van der Waals surface area (Å²) in [5.74, 6) is 0.838. The molecule has 28 heavy (non-hydrogen) atoms. The van der Waals surface area contributed by atoms with Gasteiger partial charge in [-0.15, -0.1) is 0 Å². The van der Waals surface area contributed by atoms with Crippen LogP contribution in [0.15, 0.2) is 24.4 Å². The van der Waals surface area contributed by atoms with Crippen molar-refractivity contribution >= 4 is 35.6 Å². The van der Waals surface area contributed by atoms with E-state index in [1.807, 2.05) is 39.0 Å². The van der Waals surface area contributed by atoms with Gasteiger partial charge in [0, 0.05) is 36.1 Å². The molecule has 0 bridgehead atoms. The van der Waals surface area contributed by atoms with Crippen molar-refractivity contribution in [3.8, 4) is 17.8 Å². The molecule has 2 aromatic heterocycles. The first-order valence-electron chi connectivity index (χ1n) is 9.17. The molecule has 1 N–H and O–H groups in total. The summed E-state index contributed by atoms with van der Waals surface area (Å²) in [6.07, 6.45) is 5.23. The van der Waals surface area contributed by atoms with E-state index in [1.165, 1.54) is 0 Å². The van der Waals surface area contributed by atoms with Crippen LogP contribution < -0.4 is 20.7 Å². The number of nitrogens with zero attached hydrogens (tertiary/aromatic N) is 4. The maximum absolute atomic E-state index is 12.2. The predicted octanol–water partition coefficient (Wildman–Crippen LogP) is 2.26. The summed E-state index contributed by atoms with van der Waals surface area (Å²) in [6, 6.07) is 5.67. The standard InChI is InChI=1S/C21H22ClN5O/c1-5-17-15(10-23-4)8-18(14-6-7-24-19(22)9-14)26-20(17)27-11-16(12-27)21(28)25-13(2)3/h4-10,13,16H,11-12H2,1-3H3/p+1/b15-10-,17-5+. The largest absolute Gasteiger partial charge is 0.354 e. The number of amides is 1. The second kappa shape index (κ2) is 8.41. The van der Waals surface area contributed by atoms with Gasteiger partial charge in [-0.2, -0.15) is 0 Å². The summed E-state index contributed by atoms with van der Waals surface area (Å²) in [5, 5.41) is 5.15. The van der Waals surface area contributed by atoms with E-state index in [9.17, 15) is 4.79 Å². The first-order chi connectivity index (χ1) is 13.4. The summed E-state index contributed by atoms with van der Waals surface area (Å²) < 4.78 is 0. The minimum atomic E-state index is -0.0421. The molecule has 2 aromatic rings. The van der Waals surface area contributed by atoms with Crippen LogP contribution in [0.3, 0.4) is 0 Å². The van der Waals surface area contributed by atoms with E-state index >= 15 is 0 Å². The average Bonchev–Trinajstić information content (AvgIpc) is 2.60. The van der Waals surface area contributed by atoms with Gasteiger partial charge in [0.1, 0.15) is 11.0 Å². The minimum Gasteiger partial charge on any atom is -0.354 e. The normalized spacial score (nSPS) is 15.5. The molecule has 0 aromatic carbocycles. The fourth-order valence-corrected chi connectivity index (χ4v) is 3.39. The molecule has 7 heteroatoms. The number of carbonyl (C=O) groups excluding carboxylic acids is 1. The van der Waals surface area contributed by atoms with Gasteiger partial charge >= 0.3 is 6.20 Å². The Morgan fingerprint density at radius 1 is 1.43 bits per heavy atom. The molecule has 3 rings (SSSR count). The molecule has 1 aliphatic heterocycles. The second-order valence-corrected chi connectivity index (χ2v) is 7.42. The molecule has 1 saturated heterocycles. The van der Waals surface area contributed by atoms with Crippen LogP contribution in [0.25, 0.3) is 28.4 Å². The molecule has 0 spiro atoms. The Balaban J connectivity index is 2.01. The number of hydrogen-bond donors (Lipinski definition) is 1. The lowest BCUT2D eigenvalue weighted by atomic mass is 9.98. The van der Waals surface area contributed by atoms with Crippen molar-refractivity contribution in [2.75, 3.05) is 18.0 Å². The average molecular weight is 397 g/mol. The number of halogens is 1. The molecule has 1 amide bonds. The van der Waals surface area contributed by atoms with Gasteiger partial charge in [-0.3, -0.25) is 4.79 Å². The Bertz CT molecular complexity index is 1050. The molecular formula is C21H23ClN5O+. The highest BCUT2D eigenvalue weighted by atomic mass is 35.5. The lowest BCUT2D eigenvalue weighted by Gasteiger charge is -2.39. The number of pyridine rings is 2. The van der Waals surface area contributed by atoms with Crippen LogP contribution in [0.2, 0.25) is 5.15 Å². The van der Waals surface area contributed by atoms with Gasteiger partial charge in [0.05, 0.1) is 16.8 Å². The van der Waals surface area contributed by atoms with E-state index in [1.54, 1.807) is 18.5 Å². The topological polar surface area (TPSA) is 62.5 Å². The highest BCUT2D eigenvalue weighted by Crippen LogP contribution is 2.24. The van der Waals surface area contributed by atoms with Gasteiger partial charge in [0.25, 0.3) is 6.57 Å². The molecule has 0 unspecified atom stereocenters. The molecule has 1 fully saturated rings. The molecule has 0 aliphatic carbocycles. The van der Waals surface area contributed by atoms with Crippen LogP contribution in [0.5, 0.6) is 0 Å². The van der Waals surface area contributed by atoms with Crippen molar-refractivity contribution in [1.82, 2.24) is 15.3 Å². The van der Waals surface area contributed by atoms with Crippen molar-refractivity contribution < 1.29 is 4.79 Å². The van der Waals surface area contributed by atoms with E-state index in [0.717, 1.165) is 27.5 Å². The summed E-state index contributed by atoms with van der Waals surface area (Å²) in [6.45, 7) is 12.5. The fourth-order valence-electron chi connectivity index (χ4n) is 3.21. The first-order valence-corrected chi connectivity index (χ1v) is 9.55. The van der Waals surface area contributed by atoms with Gasteiger partial charge in [0.15, 0.2) is 0 Å². The van der Waals surface area contributed by atoms with Gasteiger partial charge in [-0.25, -0.2) is 9.97 Å². The Morgan fingerprint density at radius 2 is 2.18 bits per heavy atom. The number of aromatic nitrogens is 2. The predicted molar refractivity (Wildman–Crippen MR) is 114 cm³/mol. The van der Waals surface area contributed by atoms with Crippen molar-refractivity contribution in [2.45, 2.75) is 26.8 Å². The van der Waals surface area contributed by atoms with E-state index in [2.05, 4.69) is 20.0 Å². The zero-order valence-corrected chi connectivity index (χ0v) is 16.9. The smallest absolute Gasteiger partial charge is 0.313 e. The van der Waals surface area contributed by atoms with Crippen molar-refractivity contribution in [1.29, 1.82) is 0 Å². The quantitative estimate of drug-likeness (QED) is 0.805. The number of nitrogens with one attached hydrogen (secondary N) is 1. The third kappa shape index (κ3) is 4.15. The van der Waals surface area contributed by atoms with Crippen LogP contribution in [0.4, 0.5) is 5.82 Å². The van der Waals surface area contributed by atoms with Crippen molar-refractivity contribution in [3.05, 3.63) is 44.8 Å². The van der Waals surface area contributed by atoms with Crippen LogP contribution in [0, 0.1) is 12.5 Å². The minimum absolute atomic E-state index is 0.0421. The maximum Gasteiger partial charge on any atom is 0.313 e. The van der Waals surface area contributed by atoms with Gasteiger partial charge in [0.2, 0.25) is 5.91 Å². The molecule has 3 heterocycles. The van der Waals surface area contributed by atoms with E-state index in [0.29, 0.717) is 18.2 Å². The first kappa shape index (κ1) is 19.8. The molecular weight excluding hydrogens is 374 g/mol. The zero-order chi connectivity index (χ0) is 20.3. The molecule has 0 saturated carbocycles. The lowest BCUT2D eigenvalue weighted by molar-refractivity contribution is -0.126. The molecule has 0 radical (unpaired) electrons. The lowest BCUT2D eigenvalue weighted by Crippen LogP contribution is -2.56. The van der Waals surface area contributed by atoms with E-state index in [4.69, 9.17) is 23.2 Å². The third-order valence-electron chi connectivity index (χ3n) is 4.58. The molecule has 1 aliphatic rings. The van der Waals surface area contributed by atoms with Crippen LogP contribution in [-0.2, 0) is 4.79 Å². The SMILES string of the molecule is C#[N+]/C=c1/cc(-c2ccnc(Cl)c2)nc(N2CC(C(=O)NC(C)C)C2)/c1=C/C. The Morgan fingerprint density at radius 3 is 2.79 bits per heavy atom. The highest BCUT2D eigenvalue weighted by molar-refractivity contribution is 6.29. The monoisotopic (exact) mass is 396 g/mol. The molecule has 0 atom stereocenters. The second-order valence-electron chi connectivity index (χ2n) is 7.03. The van der Waals surface area contributed by atoms with Crippen LogP contribution in [-0.4, -0.2) is 35.0 Å². The van der Waals surface area contributed by atoms with Gasteiger partial charge < -0.3 is 10.2 Å². The fraction of sp³-hybridized carbons (Fsp3) is 0.333. The number of hydrogen-bond acceptors (Lipinski definition) is 4. The summed E-state index contributed by atoms with van der Waals surface area (Å²) in [4.78, 5) is 26.9. The van der Waals surface area contributed by atoms with Crippen LogP contribution in [0.1, 0.15) is 20.8 Å². The number of rotatable bonds is 4. The van der Waals surface area contributed by atoms with Crippen molar-refractivity contribution in [2.24, 2.45) is 5.92 Å². The third-order valence-corrected chi connectivity index (χ3v) is 4.78. The summed E-state index contributed by atoms with van der Waals surface area (Å²) in [7, 11) is 0. The van der Waals surface area contributed by atoms with E-state index in [-0.39, 0.29) is 17.9 Å².